The van der Waals surface area contributed by atoms with E-state index in [1.807, 2.05) is 36.4 Å². The van der Waals surface area contributed by atoms with Gasteiger partial charge in [0.15, 0.2) is 0 Å². The van der Waals surface area contributed by atoms with Gasteiger partial charge in [0.1, 0.15) is 11.6 Å². The molecule has 2 rings (SSSR count). The van der Waals surface area contributed by atoms with Gasteiger partial charge in [0.25, 0.3) is 0 Å². The van der Waals surface area contributed by atoms with Crippen molar-refractivity contribution in [2.45, 2.75) is 42.5 Å². The van der Waals surface area contributed by atoms with Crippen molar-refractivity contribution in [3.05, 3.63) is 59.7 Å². The van der Waals surface area contributed by atoms with E-state index >= 15 is 0 Å². The number of hydrogen-bond acceptors (Lipinski definition) is 6. The van der Waals surface area contributed by atoms with Crippen molar-refractivity contribution in [2.75, 3.05) is 23.0 Å². The zero-order chi connectivity index (χ0) is 17.4. The number of nitrogens with two attached hydrogens (primary N) is 2. The van der Waals surface area contributed by atoms with Gasteiger partial charge in [-0.2, -0.15) is 0 Å². The first-order chi connectivity index (χ1) is 11.5. The number of carbonyl (C=O) groups is 2. The van der Waals surface area contributed by atoms with E-state index in [2.05, 4.69) is 0 Å². The number of nitrogen functional groups attached to an aromatic ring is 2. The van der Waals surface area contributed by atoms with Crippen molar-refractivity contribution < 1.29 is 9.59 Å². The molecule has 0 heterocycles. The predicted molar refractivity (Wildman–Crippen MR) is 131 cm³/mol. The van der Waals surface area contributed by atoms with Gasteiger partial charge in [-0.3, -0.25) is 9.59 Å². The third kappa shape index (κ3) is 11.7. The van der Waals surface area contributed by atoms with E-state index in [9.17, 15) is 9.59 Å². The van der Waals surface area contributed by atoms with Crippen LogP contribution in [-0.4, -0.2) is 23.1 Å². The minimum Gasteiger partial charge on any atom is -0.399 e. The van der Waals surface area contributed by atoms with Gasteiger partial charge in [0.05, 0.1) is 11.5 Å². The van der Waals surface area contributed by atoms with E-state index < -0.39 is 0 Å². The smallest absolute Gasteiger partial charge is 0.147 e. The first kappa shape index (κ1) is 30.8. The molecule has 0 aliphatic rings. The van der Waals surface area contributed by atoms with E-state index in [0.717, 1.165) is 11.1 Å². The normalized spacial score (nSPS) is 9.00. The third-order valence-corrected chi connectivity index (χ3v) is 5.48. The fourth-order valence-electron chi connectivity index (χ4n) is 2.18. The number of benzene rings is 2. The molecule has 0 radical (unpaired) electrons. The lowest BCUT2D eigenvalue weighted by molar-refractivity contribution is -0.116. The average Bonchev–Trinajstić information content (AvgIpc) is 2.51. The lowest BCUT2D eigenvalue weighted by Crippen LogP contribution is -2.07. The molecule has 4 nitrogen and oxygen atoms in total. The molecule has 0 unspecified atom stereocenters. The minimum atomic E-state index is 0. The lowest BCUT2D eigenvalue weighted by Gasteiger charge is -2.04. The molecule has 158 valence electrons. The predicted octanol–water partition coefficient (Wildman–Crippen LogP) is 5.70. The fourth-order valence-corrected chi connectivity index (χ4v) is 4.10. The first-order valence-electron chi connectivity index (χ1n) is 7.49. The Kier molecular flexibility index (Phi) is 17.7. The molecule has 0 saturated carbocycles. The van der Waals surface area contributed by atoms with Crippen LogP contribution in [0.25, 0.3) is 0 Å². The Morgan fingerprint density at radius 2 is 1.04 bits per heavy atom. The van der Waals surface area contributed by atoms with Gasteiger partial charge in [0.2, 0.25) is 0 Å². The summed E-state index contributed by atoms with van der Waals surface area (Å²) in [6, 6.07) is 14.7. The highest BCUT2D eigenvalue weighted by molar-refractivity contribution is 8.77. The van der Waals surface area contributed by atoms with Crippen LogP contribution in [0.3, 0.4) is 0 Å². The summed E-state index contributed by atoms with van der Waals surface area (Å²) in [5, 5.41) is 0. The summed E-state index contributed by atoms with van der Waals surface area (Å²) < 4.78 is 0. The summed E-state index contributed by atoms with van der Waals surface area (Å²) in [4.78, 5) is 23.8. The topological polar surface area (TPSA) is 86.2 Å². The largest absolute Gasteiger partial charge is 0.399 e. The zero-order valence-corrected chi connectivity index (χ0v) is 14.9. The average molecular weight is 425 g/mol. The van der Waals surface area contributed by atoms with Crippen LogP contribution in [0.1, 0.15) is 40.8 Å². The molecule has 4 N–H and O–H groups in total. The third-order valence-electron chi connectivity index (χ3n) is 3.23. The SMILES string of the molecule is C.C.C.C.Nc1cccc(CC(=O)CSSCC(=O)Cc2cccc(N)c2)c1. The fraction of sp³-hybridized carbons (Fsp3) is 0.364. The summed E-state index contributed by atoms with van der Waals surface area (Å²) in [6.45, 7) is 0. The summed E-state index contributed by atoms with van der Waals surface area (Å²) >= 11 is 0. The van der Waals surface area contributed by atoms with Gasteiger partial charge in [-0.25, -0.2) is 0 Å². The van der Waals surface area contributed by atoms with Crippen LogP contribution in [0.2, 0.25) is 0 Å². The Bertz CT molecular complexity index is 660. The van der Waals surface area contributed by atoms with E-state index in [1.54, 1.807) is 12.1 Å². The van der Waals surface area contributed by atoms with Gasteiger partial charge in [0, 0.05) is 24.2 Å². The maximum atomic E-state index is 11.9. The van der Waals surface area contributed by atoms with Gasteiger partial charge >= 0.3 is 0 Å². The molecule has 0 atom stereocenters. The summed E-state index contributed by atoms with van der Waals surface area (Å²) in [6.07, 6.45) is 0.742. The highest BCUT2D eigenvalue weighted by Crippen LogP contribution is 2.22. The van der Waals surface area contributed by atoms with Crippen LogP contribution < -0.4 is 11.5 Å². The van der Waals surface area contributed by atoms with Crippen molar-refractivity contribution in [1.29, 1.82) is 0 Å². The van der Waals surface area contributed by atoms with Crippen molar-refractivity contribution in [3.63, 3.8) is 0 Å². The number of Topliss-reactive ketones (excluding diaryl/α,β-unsaturated/α-hetero) is 2. The monoisotopic (exact) mass is 424 g/mol. The van der Waals surface area contributed by atoms with Crippen LogP contribution in [0.5, 0.6) is 0 Å². The van der Waals surface area contributed by atoms with Crippen molar-refractivity contribution in [1.82, 2.24) is 0 Å². The van der Waals surface area contributed by atoms with Gasteiger partial charge < -0.3 is 11.5 Å². The second kappa shape index (κ2) is 16.1. The van der Waals surface area contributed by atoms with Crippen LogP contribution >= 0.6 is 21.6 Å². The summed E-state index contributed by atoms with van der Waals surface area (Å²) in [5.41, 5.74) is 14.6. The molecule has 2 aromatic carbocycles. The molecule has 0 spiro atoms. The Balaban J connectivity index is -0.00000156. The number of carbonyl (C=O) groups excluding carboxylic acids is 2. The first-order valence-corrected chi connectivity index (χ1v) is 9.98. The molecule has 2 aromatic rings. The molecule has 0 fully saturated rings. The summed E-state index contributed by atoms with van der Waals surface area (Å²) in [7, 11) is 2.83. The van der Waals surface area contributed by atoms with Gasteiger partial charge in [-0.1, -0.05) is 75.6 Å². The molecule has 0 aromatic heterocycles. The lowest BCUT2D eigenvalue weighted by atomic mass is 10.1. The molecular formula is C22H36N2O2S2. The molecule has 0 bridgehead atoms. The van der Waals surface area contributed by atoms with Crippen LogP contribution in [0.4, 0.5) is 11.4 Å². The molecule has 6 heteroatoms. The van der Waals surface area contributed by atoms with E-state index in [4.69, 9.17) is 11.5 Å². The minimum absolute atomic E-state index is 0. The van der Waals surface area contributed by atoms with Crippen LogP contribution in [0.15, 0.2) is 48.5 Å². The van der Waals surface area contributed by atoms with E-state index in [0.29, 0.717) is 35.7 Å². The quantitative estimate of drug-likeness (QED) is 0.305. The van der Waals surface area contributed by atoms with Gasteiger partial charge in [-0.05, 0) is 35.4 Å². The number of rotatable bonds is 9. The van der Waals surface area contributed by atoms with Crippen LogP contribution in [0, 0.1) is 0 Å². The summed E-state index contributed by atoms with van der Waals surface area (Å²) in [5.74, 6) is 1.01. The number of ketones is 2. The van der Waals surface area contributed by atoms with Gasteiger partial charge in [-0.15, -0.1) is 0 Å². The Hall–Kier alpha value is -1.92. The molecular weight excluding hydrogens is 388 g/mol. The second-order valence-corrected chi connectivity index (χ2v) is 7.91. The van der Waals surface area contributed by atoms with Crippen molar-refractivity contribution in [3.8, 4) is 0 Å². The number of hydrogen-bond donors (Lipinski definition) is 2. The highest BCUT2D eigenvalue weighted by Gasteiger charge is 2.08. The number of anilines is 2. The molecule has 0 saturated heterocycles. The maximum absolute atomic E-state index is 11.9. The Morgan fingerprint density at radius 3 is 1.36 bits per heavy atom. The van der Waals surface area contributed by atoms with E-state index in [-0.39, 0.29) is 41.3 Å². The molecule has 28 heavy (non-hydrogen) atoms. The van der Waals surface area contributed by atoms with Crippen molar-refractivity contribution >= 4 is 44.5 Å². The Morgan fingerprint density at radius 1 is 0.679 bits per heavy atom. The molecule has 0 aliphatic heterocycles. The van der Waals surface area contributed by atoms with E-state index in [1.165, 1.54) is 21.6 Å². The van der Waals surface area contributed by atoms with Crippen molar-refractivity contribution in [2.24, 2.45) is 0 Å². The Labute approximate surface area is 179 Å². The maximum Gasteiger partial charge on any atom is 0.147 e. The zero-order valence-electron chi connectivity index (χ0n) is 13.2. The van der Waals surface area contributed by atoms with Crippen LogP contribution in [-0.2, 0) is 22.4 Å². The second-order valence-electron chi connectivity index (χ2n) is 5.45. The molecule has 0 amide bonds. The molecule has 0 aliphatic carbocycles. The highest BCUT2D eigenvalue weighted by atomic mass is 33.1. The standard InChI is InChI=1S/C18H20N2O2S2.4CH4/c19-15-5-1-3-13(7-15)9-17(21)11-23-24-12-18(22)10-14-4-2-6-16(20)8-14;;;;/h1-8H,9-12,19-20H2;4*1H4.